The summed E-state index contributed by atoms with van der Waals surface area (Å²) in [6, 6.07) is 25.9. The number of nitrogens with one attached hydrogen (secondary N) is 2. The smallest absolute Gasteiger partial charge is 0.255 e. The SMILES string of the molecule is N#Cc1ccc(C(=O)Nc2cccc(Nc3ccccc3)c2)cc1. The van der Waals surface area contributed by atoms with E-state index in [1.807, 2.05) is 60.7 Å². The summed E-state index contributed by atoms with van der Waals surface area (Å²) in [4.78, 5) is 12.3. The van der Waals surface area contributed by atoms with Gasteiger partial charge in [0.2, 0.25) is 0 Å². The molecule has 0 aromatic heterocycles. The summed E-state index contributed by atoms with van der Waals surface area (Å²) in [7, 11) is 0. The lowest BCUT2D eigenvalue weighted by Crippen LogP contribution is -2.11. The molecule has 0 atom stereocenters. The van der Waals surface area contributed by atoms with Crippen LogP contribution in [0.1, 0.15) is 15.9 Å². The van der Waals surface area contributed by atoms with Crippen molar-refractivity contribution in [2.24, 2.45) is 0 Å². The molecular formula is C20H15N3O. The predicted octanol–water partition coefficient (Wildman–Crippen LogP) is 4.55. The highest BCUT2D eigenvalue weighted by Crippen LogP contribution is 2.20. The van der Waals surface area contributed by atoms with Crippen molar-refractivity contribution >= 4 is 23.0 Å². The van der Waals surface area contributed by atoms with Crippen molar-refractivity contribution in [3.63, 3.8) is 0 Å². The minimum absolute atomic E-state index is 0.212. The van der Waals surface area contributed by atoms with Gasteiger partial charge in [0.25, 0.3) is 5.91 Å². The molecule has 0 fully saturated rings. The van der Waals surface area contributed by atoms with Crippen LogP contribution in [-0.2, 0) is 0 Å². The Kier molecular flexibility index (Phi) is 4.55. The van der Waals surface area contributed by atoms with Gasteiger partial charge in [-0.2, -0.15) is 5.26 Å². The number of carbonyl (C=O) groups excluding carboxylic acids is 1. The quantitative estimate of drug-likeness (QED) is 0.742. The second-order valence-corrected chi connectivity index (χ2v) is 5.22. The summed E-state index contributed by atoms with van der Waals surface area (Å²) in [5.74, 6) is -0.212. The molecule has 4 heteroatoms. The molecule has 0 spiro atoms. The van der Waals surface area contributed by atoms with E-state index in [0.29, 0.717) is 16.8 Å². The number of rotatable bonds is 4. The Morgan fingerprint density at radius 2 is 1.46 bits per heavy atom. The number of nitrogens with zero attached hydrogens (tertiary/aromatic N) is 1. The van der Waals surface area contributed by atoms with Crippen LogP contribution in [0, 0.1) is 11.3 Å². The van der Waals surface area contributed by atoms with Crippen LogP contribution in [0.3, 0.4) is 0 Å². The van der Waals surface area contributed by atoms with Crippen LogP contribution in [-0.4, -0.2) is 5.91 Å². The zero-order valence-electron chi connectivity index (χ0n) is 12.9. The summed E-state index contributed by atoms with van der Waals surface area (Å²) in [6.07, 6.45) is 0. The summed E-state index contributed by atoms with van der Waals surface area (Å²) in [5.41, 5.74) is 3.60. The third-order valence-corrected chi connectivity index (χ3v) is 3.46. The topological polar surface area (TPSA) is 64.9 Å². The third kappa shape index (κ3) is 3.79. The first-order valence-corrected chi connectivity index (χ1v) is 7.48. The molecule has 0 saturated heterocycles. The maximum absolute atomic E-state index is 12.3. The number of anilines is 3. The van der Waals surface area contributed by atoms with Gasteiger partial charge in [0.15, 0.2) is 0 Å². The number of hydrogen-bond donors (Lipinski definition) is 2. The molecule has 0 aliphatic rings. The minimum Gasteiger partial charge on any atom is -0.355 e. The van der Waals surface area contributed by atoms with Crippen molar-refractivity contribution in [3.05, 3.63) is 90.0 Å². The van der Waals surface area contributed by atoms with Crippen molar-refractivity contribution in [1.82, 2.24) is 0 Å². The van der Waals surface area contributed by atoms with Crippen LogP contribution in [0.5, 0.6) is 0 Å². The van der Waals surface area contributed by atoms with Crippen LogP contribution in [0.15, 0.2) is 78.9 Å². The first kappa shape index (κ1) is 15.3. The van der Waals surface area contributed by atoms with Crippen LogP contribution in [0.4, 0.5) is 17.1 Å². The highest BCUT2D eigenvalue weighted by molar-refractivity contribution is 6.04. The number of carbonyl (C=O) groups is 1. The Bertz CT molecular complexity index is 881. The molecule has 0 aliphatic heterocycles. The van der Waals surface area contributed by atoms with Crippen molar-refractivity contribution in [2.45, 2.75) is 0 Å². The summed E-state index contributed by atoms with van der Waals surface area (Å²) in [5, 5.41) is 14.9. The molecule has 0 heterocycles. The summed E-state index contributed by atoms with van der Waals surface area (Å²) in [6.45, 7) is 0. The summed E-state index contributed by atoms with van der Waals surface area (Å²) < 4.78 is 0. The van der Waals surface area contributed by atoms with Crippen molar-refractivity contribution in [2.75, 3.05) is 10.6 Å². The fraction of sp³-hybridized carbons (Fsp3) is 0. The van der Waals surface area contributed by atoms with E-state index in [1.54, 1.807) is 24.3 Å². The molecule has 0 radical (unpaired) electrons. The molecule has 3 aromatic carbocycles. The summed E-state index contributed by atoms with van der Waals surface area (Å²) >= 11 is 0. The van der Waals surface area contributed by atoms with E-state index in [9.17, 15) is 4.79 Å². The molecule has 0 saturated carbocycles. The van der Waals surface area contributed by atoms with E-state index in [1.165, 1.54) is 0 Å². The second kappa shape index (κ2) is 7.12. The molecule has 0 bridgehead atoms. The molecule has 116 valence electrons. The van der Waals surface area contributed by atoms with E-state index in [2.05, 4.69) is 10.6 Å². The van der Waals surface area contributed by atoms with Crippen molar-refractivity contribution in [3.8, 4) is 6.07 Å². The highest BCUT2D eigenvalue weighted by atomic mass is 16.1. The Labute approximate surface area is 140 Å². The molecule has 1 amide bonds. The zero-order valence-corrected chi connectivity index (χ0v) is 12.9. The average molecular weight is 313 g/mol. The lowest BCUT2D eigenvalue weighted by atomic mass is 10.1. The maximum atomic E-state index is 12.3. The number of para-hydroxylation sites is 1. The minimum atomic E-state index is -0.212. The van der Waals surface area contributed by atoms with Gasteiger partial charge < -0.3 is 10.6 Å². The maximum Gasteiger partial charge on any atom is 0.255 e. The molecule has 4 nitrogen and oxygen atoms in total. The van der Waals surface area contributed by atoms with Crippen molar-refractivity contribution in [1.29, 1.82) is 5.26 Å². The van der Waals surface area contributed by atoms with Gasteiger partial charge in [-0.05, 0) is 54.6 Å². The van der Waals surface area contributed by atoms with Gasteiger partial charge in [-0.25, -0.2) is 0 Å². The first-order chi connectivity index (χ1) is 11.7. The van der Waals surface area contributed by atoms with E-state index in [0.717, 1.165) is 11.4 Å². The van der Waals surface area contributed by atoms with Crippen LogP contribution < -0.4 is 10.6 Å². The molecular weight excluding hydrogens is 298 g/mol. The molecule has 0 aliphatic carbocycles. The lowest BCUT2D eigenvalue weighted by molar-refractivity contribution is 0.102. The second-order valence-electron chi connectivity index (χ2n) is 5.22. The van der Waals surface area contributed by atoms with Gasteiger partial charge in [-0.1, -0.05) is 24.3 Å². The fourth-order valence-electron chi connectivity index (χ4n) is 2.26. The van der Waals surface area contributed by atoms with Gasteiger partial charge in [0.1, 0.15) is 0 Å². The highest BCUT2D eigenvalue weighted by Gasteiger charge is 2.06. The van der Waals surface area contributed by atoms with Crippen molar-refractivity contribution < 1.29 is 4.79 Å². The number of benzene rings is 3. The number of amides is 1. The van der Waals surface area contributed by atoms with Crippen LogP contribution >= 0.6 is 0 Å². The normalized spacial score (nSPS) is 9.79. The monoisotopic (exact) mass is 313 g/mol. The third-order valence-electron chi connectivity index (χ3n) is 3.46. The first-order valence-electron chi connectivity index (χ1n) is 7.48. The lowest BCUT2D eigenvalue weighted by Gasteiger charge is -2.09. The standard InChI is InChI=1S/C20H15N3O/c21-14-15-9-11-16(12-10-15)20(24)23-19-8-4-7-18(13-19)22-17-5-2-1-3-6-17/h1-13,22H,(H,23,24). The molecule has 3 rings (SSSR count). The predicted molar refractivity (Wildman–Crippen MR) is 95.3 cm³/mol. The van der Waals surface area contributed by atoms with Gasteiger partial charge >= 0.3 is 0 Å². The number of hydrogen-bond acceptors (Lipinski definition) is 3. The van der Waals surface area contributed by atoms with Crippen LogP contribution in [0.2, 0.25) is 0 Å². The Hall–Kier alpha value is -3.58. The average Bonchev–Trinajstić information content (AvgIpc) is 2.63. The number of nitriles is 1. The van der Waals surface area contributed by atoms with E-state index < -0.39 is 0 Å². The largest absolute Gasteiger partial charge is 0.355 e. The van der Waals surface area contributed by atoms with E-state index >= 15 is 0 Å². The Balaban J connectivity index is 1.72. The molecule has 24 heavy (non-hydrogen) atoms. The molecule has 0 unspecified atom stereocenters. The van der Waals surface area contributed by atoms with Gasteiger partial charge in [0, 0.05) is 22.6 Å². The molecule has 3 aromatic rings. The van der Waals surface area contributed by atoms with E-state index in [4.69, 9.17) is 5.26 Å². The Morgan fingerprint density at radius 1 is 0.792 bits per heavy atom. The Morgan fingerprint density at radius 3 is 2.17 bits per heavy atom. The zero-order chi connectivity index (χ0) is 16.8. The van der Waals surface area contributed by atoms with Gasteiger partial charge in [-0.3, -0.25) is 4.79 Å². The van der Waals surface area contributed by atoms with Crippen LogP contribution in [0.25, 0.3) is 0 Å². The van der Waals surface area contributed by atoms with E-state index in [-0.39, 0.29) is 5.91 Å². The van der Waals surface area contributed by atoms with Gasteiger partial charge in [0.05, 0.1) is 11.6 Å². The molecule has 2 N–H and O–H groups in total. The van der Waals surface area contributed by atoms with Gasteiger partial charge in [-0.15, -0.1) is 0 Å². The fourth-order valence-corrected chi connectivity index (χ4v) is 2.26.